The molecule has 0 aliphatic carbocycles. The fourth-order valence-corrected chi connectivity index (χ4v) is 2.45. The molecule has 0 fully saturated rings. The van der Waals surface area contributed by atoms with Gasteiger partial charge in [0.15, 0.2) is 5.75 Å². The van der Waals surface area contributed by atoms with Crippen molar-refractivity contribution in [3.63, 3.8) is 0 Å². The summed E-state index contributed by atoms with van der Waals surface area (Å²) < 4.78 is 60.1. The van der Waals surface area contributed by atoms with E-state index < -0.39 is 34.0 Å². The predicted octanol–water partition coefficient (Wildman–Crippen LogP) is 1.29. The second-order valence-corrected chi connectivity index (χ2v) is 5.43. The number of sulfonamides is 1. The fourth-order valence-electron chi connectivity index (χ4n) is 1.34. The first-order valence-electron chi connectivity index (χ1n) is 4.95. The molecule has 0 unspecified atom stereocenters. The Balaban J connectivity index is 2.96. The minimum absolute atomic E-state index is 0.0424. The first kappa shape index (κ1) is 15.4. The largest absolute Gasteiger partial charge is 0.480 e. The predicted molar refractivity (Wildman–Crippen MR) is 59.8 cm³/mol. The van der Waals surface area contributed by atoms with E-state index in [4.69, 9.17) is 5.11 Å². The van der Waals surface area contributed by atoms with Gasteiger partial charge in [-0.25, -0.2) is 8.42 Å². The maximum absolute atomic E-state index is 12.0. The fraction of sp³-hybridized carbons (Fsp3) is 0.300. The van der Waals surface area contributed by atoms with E-state index in [1.807, 2.05) is 0 Å². The summed E-state index contributed by atoms with van der Waals surface area (Å²) in [4.78, 5) is 10.9. The van der Waals surface area contributed by atoms with Crippen molar-refractivity contribution in [3.8, 4) is 0 Å². The molecular formula is C10H10F3NO4S. The lowest BCUT2D eigenvalue weighted by atomic mass is 10.1. The molecule has 2 N–H and O–H groups in total. The monoisotopic (exact) mass is 297 g/mol. The third kappa shape index (κ3) is 5.26. The van der Waals surface area contributed by atoms with Gasteiger partial charge in [-0.05, 0) is 5.56 Å². The number of aliphatic carboxylic acids is 1. The van der Waals surface area contributed by atoms with Crippen LogP contribution in [0, 0.1) is 0 Å². The number of hydrogen-bond acceptors (Lipinski definition) is 3. The molecule has 0 saturated carbocycles. The average Bonchev–Trinajstić information content (AvgIpc) is 2.23. The van der Waals surface area contributed by atoms with Gasteiger partial charge < -0.3 is 5.11 Å². The molecule has 0 bridgehead atoms. The Morgan fingerprint density at radius 1 is 1.26 bits per heavy atom. The molecule has 1 atom stereocenters. The first-order valence-corrected chi connectivity index (χ1v) is 6.60. The van der Waals surface area contributed by atoms with Gasteiger partial charge in [-0.1, -0.05) is 30.3 Å². The van der Waals surface area contributed by atoms with E-state index in [-0.39, 0.29) is 5.56 Å². The van der Waals surface area contributed by atoms with Gasteiger partial charge >= 0.3 is 12.1 Å². The average molecular weight is 297 g/mol. The number of nitrogens with one attached hydrogen (secondary N) is 1. The van der Waals surface area contributed by atoms with Crippen molar-refractivity contribution < 1.29 is 31.5 Å². The Morgan fingerprint density at radius 3 is 2.21 bits per heavy atom. The van der Waals surface area contributed by atoms with Crippen molar-refractivity contribution in [2.24, 2.45) is 0 Å². The summed E-state index contributed by atoms with van der Waals surface area (Å²) in [5.74, 6) is -3.71. The van der Waals surface area contributed by atoms with Crippen molar-refractivity contribution in [2.75, 3.05) is 5.75 Å². The van der Waals surface area contributed by atoms with Crippen LogP contribution < -0.4 is 4.72 Å². The van der Waals surface area contributed by atoms with Gasteiger partial charge in [-0.3, -0.25) is 4.79 Å². The van der Waals surface area contributed by atoms with E-state index in [0.717, 1.165) is 0 Å². The lowest BCUT2D eigenvalue weighted by Gasteiger charge is -2.15. The van der Waals surface area contributed by atoms with Crippen molar-refractivity contribution in [1.29, 1.82) is 0 Å². The van der Waals surface area contributed by atoms with Crippen LogP contribution in [0.3, 0.4) is 0 Å². The Kier molecular flexibility index (Phi) is 4.53. The number of carboxylic acid groups (broad SMARTS) is 1. The molecule has 0 amide bonds. The number of carbonyl (C=O) groups is 1. The number of rotatable bonds is 5. The van der Waals surface area contributed by atoms with Crippen LogP contribution in [0.15, 0.2) is 30.3 Å². The zero-order valence-electron chi connectivity index (χ0n) is 9.39. The maximum Gasteiger partial charge on any atom is 0.404 e. The van der Waals surface area contributed by atoms with Crippen molar-refractivity contribution >= 4 is 16.0 Å². The van der Waals surface area contributed by atoms with Gasteiger partial charge in [0.05, 0.1) is 0 Å². The minimum atomic E-state index is -4.94. The second-order valence-electron chi connectivity index (χ2n) is 3.67. The molecule has 1 rings (SSSR count). The second kappa shape index (κ2) is 5.57. The molecule has 0 aliphatic rings. The molecule has 106 valence electrons. The number of hydrogen-bond donors (Lipinski definition) is 2. The van der Waals surface area contributed by atoms with Gasteiger partial charge in [0.2, 0.25) is 10.0 Å². The van der Waals surface area contributed by atoms with Crippen LogP contribution in [0.1, 0.15) is 11.6 Å². The van der Waals surface area contributed by atoms with Gasteiger partial charge in [0, 0.05) is 0 Å². The van der Waals surface area contributed by atoms with Crippen LogP contribution in [0.25, 0.3) is 0 Å². The summed E-state index contributed by atoms with van der Waals surface area (Å²) in [6.07, 6.45) is -4.94. The summed E-state index contributed by atoms with van der Waals surface area (Å²) in [5, 5.41) is 8.88. The topological polar surface area (TPSA) is 83.5 Å². The molecule has 0 aliphatic heterocycles. The lowest BCUT2D eigenvalue weighted by Crippen LogP contribution is -2.39. The van der Waals surface area contributed by atoms with E-state index in [9.17, 15) is 26.4 Å². The van der Waals surface area contributed by atoms with Crippen LogP contribution in [-0.4, -0.2) is 31.4 Å². The SMILES string of the molecule is O=C(O)[C@@H](NS(=O)(=O)CC(F)(F)F)c1ccccc1. The number of carboxylic acids is 1. The van der Waals surface area contributed by atoms with Gasteiger partial charge in [-0.2, -0.15) is 17.9 Å². The molecule has 0 radical (unpaired) electrons. The van der Waals surface area contributed by atoms with Crippen molar-refractivity contribution in [1.82, 2.24) is 4.72 Å². The van der Waals surface area contributed by atoms with E-state index in [1.54, 1.807) is 6.07 Å². The zero-order chi connectivity index (χ0) is 14.7. The highest BCUT2D eigenvalue weighted by Crippen LogP contribution is 2.19. The molecule has 0 aromatic heterocycles. The molecular weight excluding hydrogens is 287 g/mol. The standard InChI is InChI=1S/C10H10F3NO4S/c11-10(12,13)6-19(17,18)14-8(9(15)16)7-4-2-1-3-5-7/h1-5,8,14H,6H2,(H,15,16)/t8-/m0/s1. The first-order chi connectivity index (χ1) is 8.61. The smallest absolute Gasteiger partial charge is 0.404 e. The number of alkyl halides is 3. The lowest BCUT2D eigenvalue weighted by molar-refractivity contribution is -0.139. The van der Waals surface area contributed by atoms with Gasteiger partial charge in [0.25, 0.3) is 0 Å². The number of halogens is 3. The third-order valence-electron chi connectivity index (χ3n) is 2.03. The molecule has 5 nitrogen and oxygen atoms in total. The molecule has 9 heteroatoms. The Bertz CT molecular complexity index is 542. The van der Waals surface area contributed by atoms with Crippen LogP contribution in [0.4, 0.5) is 13.2 Å². The van der Waals surface area contributed by atoms with Crippen molar-refractivity contribution in [3.05, 3.63) is 35.9 Å². The van der Waals surface area contributed by atoms with Gasteiger partial charge in [-0.15, -0.1) is 0 Å². The highest BCUT2D eigenvalue weighted by Gasteiger charge is 2.37. The highest BCUT2D eigenvalue weighted by atomic mass is 32.2. The summed E-state index contributed by atoms with van der Waals surface area (Å²) in [6, 6.07) is 5.30. The highest BCUT2D eigenvalue weighted by molar-refractivity contribution is 7.89. The maximum atomic E-state index is 12.0. The molecule has 0 heterocycles. The number of benzene rings is 1. The van der Waals surface area contributed by atoms with E-state index >= 15 is 0 Å². The van der Waals surface area contributed by atoms with Crippen LogP contribution in [-0.2, 0) is 14.8 Å². The Labute approximate surface area is 107 Å². The normalized spacial score (nSPS) is 14.1. The van der Waals surface area contributed by atoms with Gasteiger partial charge in [0.1, 0.15) is 6.04 Å². The summed E-state index contributed by atoms with van der Waals surface area (Å²) in [5.41, 5.74) is 0.0424. The van der Waals surface area contributed by atoms with Crippen molar-refractivity contribution in [2.45, 2.75) is 12.2 Å². The minimum Gasteiger partial charge on any atom is -0.480 e. The summed E-state index contributed by atoms with van der Waals surface area (Å²) in [7, 11) is -4.79. The summed E-state index contributed by atoms with van der Waals surface area (Å²) >= 11 is 0. The quantitative estimate of drug-likeness (QED) is 0.858. The van der Waals surface area contributed by atoms with E-state index in [2.05, 4.69) is 0 Å². The molecule has 1 aromatic carbocycles. The van der Waals surface area contributed by atoms with Crippen LogP contribution in [0.2, 0.25) is 0 Å². The molecule has 1 aromatic rings. The Morgan fingerprint density at radius 2 is 1.79 bits per heavy atom. The molecule has 19 heavy (non-hydrogen) atoms. The zero-order valence-corrected chi connectivity index (χ0v) is 10.2. The summed E-state index contributed by atoms with van der Waals surface area (Å²) in [6.45, 7) is 0. The van der Waals surface area contributed by atoms with Crippen LogP contribution >= 0.6 is 0 Å². The van der Waals surface area contributed by atoms with Crippen LogP contribution in [0.5, 0.6) is 0 Å². The molecule has 0 spiro atoms. The third-order valence-corrected chi connectivity index (χ3v) is 3.33. The van der Waals surface area contributed by atoms with E-state index in [1.165, 1.54) is 29.0 Å². The van der Waals surface area contributed by atoms with E-state index in [0.29, 0.717) is 0 Å². The molecule has 0 saturated heterocycles. The Hall–Kier alpha value is -1.61.